The number of ether oxygens (including phenoxy) is 2. The molecule has 9 heteroatoms. The van der Waals surface area contributed by atoms with E-state index in [-0.39, 0.29) is 19.0 Å². The molecule has 2 amide bonds. The van der Waals surface area contributed by atoms with Crippen molar-refractivity contribution in [3.8, 4) is 11.4 Å². The minimum atomic E-state index is -0.816. The molecule has 2 aliphatic rings. The van der Waals surface area contributed by atoms with Gasteiger partial charge in [-0.2, -0.15) is 0 Å². The molecule has 1 aromatic carbocycles. The Labute approximate surface area is 205 Å². The van der Waals surface area contributed by atoms with E-state index in [4.69, 9.17) is 9.47 Å². The number of β-amino-alcohol motifs (C(OH)–C–C–N with tert-alkyl or cyclic N) is 1. The van der Waals surface area contributed by atoms with Gasteiger partial charge >= 0.3 is 6.09 Å². The maximum atomic E-state index is 13.4. The van der Waals surface area contributed by atoms with Gasteiger partial charge in [-0.15, -0.1) is 0 Å². The molecule has 0 spiro atoms. The number of aliphatic hydroxyl groups excluding tert-OH is 1. The van der Waals surface area contributed by atoms with Crippen LogP contribution in [0.3, 0.4) is 0 Å². The van der Waals surface area contributed by atoms with E-state index in [9.17, 15) is 14.7 Å². The van der Waals surface area contributed by atoms with Crippen LogP contribution in [0.25, 0.3) is 11.8 Å². The topological polar surface area (TPSA) is 97.1 Å². The van der Waals surface area contributed by atoms with Crippen LogP contribution in [0.4, 0.5) is 4.79 Å². The maximum Gasteiger partial charge on any atom is 0.410 e. The Morgan fingerprint density at radius 2 is 2.03 bits per heavy atom. The average molecular weight is 483 g/mol. The lowest BCUT2D eigenvalue weighted by atomic mass is 9.98. The van der Waals surface area contributed by atoms with Gasteiger partial charge in [-0.3, -0.25) is 4.79 Å². The molecule has 188 valence electrons. The van der Waals surface area contributed by atoms with Gasteiger partial charge in [-0.1, -0.05) is 6.07 Å². The van der Waals surface area contributed by atoms with E-state index in [1.807, 2.05) is 42.0 Å². The Hall–Kier alpha value is -3.33. The van der Waals surface area contributed by atoms with Crippen LogP contribution in [0.5, 0.6) is 5.75 Å². The highest BCUT2D eigenvalue weighted by Gasteiger charge is 2.42. The molecule has 2 aliphatic heterocycles. The lowest BCUT2D eigenvalue weighted by molar-refractivity contribution is -0.132. The molecule has 0 saturated carbocycles. The van der Waals surface area contributed by atoms with Gasteiger partial charge in [0.05, 0.1) is 43.5 Å². The zero-order valence-electron chi connectivity index (χ0n) is 21.0. The van der Waals surface area contributed by atoms with Crippen molar-refractivity contribution in [1.29, 1.82) is 0 Å². The van der Waals surface area contributed by atoms with Crippen LogP contribution in [-0.4, -0.2) is 80.9 Å². The second-order valence-corrected chi connectivity index (χ2v) is 10.1. The van der Waals surface area contributed by atoms with E-state index in [1.54, 1.807) is 39.1 Å². The van der Waals surface area contributed by atoms with Crippen LogP contribution >= 0.6 is 0 Å². The van der Waals surface area contributed by atoms with Crippen LogP contribution in [-0.2, 0) is 9.53 Å². The van der Waals surface area contributed by atoms with Crippen LogP contribution in [0.15, 0.2) is 36.3 Å². The largest absolute Gasteiger partial charge is 0.495 e. The van der Waals surface area contributed by atoms with Crippen molar-refractivity contribution in [1.82, 2.24) is 19.4 Å². The van der Waals surface area contributed by atoms with Gasteiger partial charge in [0.15, 0.2) is 0 Å². The summed E-state index contributed by atoms with van der Waals surface area (Å²) in [6.07, 6.45) is 5.69. The summed E-state index contributed by atoms with van der Waals surface area (Å²) in [6, 6.07) is 5.33. The molecule has 9 nitrogen and oxygen atoms in total. The molecule has 1 N–H and O–H groups in total. The molecular formula is C26H34N4O5. The van der Waals surface area contributed by atoms with Crippen molar-refractivity contribution in [3.05, 3.63) is 47.6 Å². The first-order valence-corrected chi connectivity index (χ1v) is 11.9. The highest BCUT2D eigenvalue weighted by molar-refractivity contribution is 5.99. The third-order valence-electron chi connectivity index (χ3n) is 6.23. The summed E-state index contributed by atoms with van der Waals surface area (Å²) < 4.78 is 12.9. The molecule has 2 fully saturated rings. The van der Waals surface area contributed by atoms with Gasteiger partial charge in [-0.25, -0.2) is 9.78 Å². The molecule has 2 atom stereocenters. The highest BCUT2D eigenvalue weighted by Crippen LogP contribution is 2.29. The number of rotatable bonds is 4. The molecule has 35 heavy (non-hydrogen) atoms. The number of imidazole rings is 1. The summed E-state index contributed by atoms with van der Waals surface area (Å²) in [6.45, 7) is 8.28. The van der Waals surface area contributed by atoms with Crippen LogP contribution in [0.1, 0.15) is 44.9 Å². The number of hydrogen-bond acceptors (Lipinski definition) is 6. The predicted octanol–water partition coefficient (Wildman–Crippen LogP) is 3.18. The summed E-state index contributed by atoms with van der Waals surface area (Å²) in [5.74, 6) is 0.565. The zero-order valence-corrected chi connectivity index (χ0v) is 21.0. The molecule has 0 radical (unpaired) electrons. The number of aryl methyl sites for hydroxylation is 1. The third kappa shape index (κ3) is 5.51. The molecular weight excluding hydrogens is 448 g/mol. The van der Waals surface area contributed by atoms with E-state index >= 15 is 0 Å². The number of likely N-dealkylation sites (tertiary alicyclic amines) is 2. The normalized spacial score (nSPS) is 22.1. The molecule has 4 rings (SSSR count). The fourth-order valence-electron chi connectivity index (χ4n) is 4.59. The third-order valence-corrected chi connectivity index (χ3v) is 6.23. The Morgan fingerprint density at radius 3 is 2.69 bits per heavy atom. The van der Waals surface area contributed by atoms with Crippen LogP contribution in [0.2, 0.25) is 0 Å². The first-order valence-electron chi connectivity index (χ1n) is 11.9. The number of carbonyl (C=O) groups is 2. The number of piperidine rings is 1. The van der Waals surface area contributed by atoms with Crippen LogP contribution in [0, 0.1) is 6.92 Å². The Kier molecular flexibility index (Phi) is 6.89. The average Bonchev–Trinajstić information content (AvgIpc) is 3.39. The van der Waals surface area contributed by atoms with E-state index in [0.29, 0.717) is 24.3 Å². The van der Waals surface area contributed by atoms with E-state index < -0.39 is 23.8 Å². The van der Waals surface area contributed by atoms with Gasteiger partial charge in [0.2, 0.25) is 5.91 Å². The lowest BCUT2D eigenvalue weighted by Gasteiger charge is -2.35. The Bertz CT molecular complexity index is 1130. The van der Waals surface area contributed by atoms with E-state index in [2.05, 4.69) is 4.98 Å². The molecule has 2 aromatic rings. The minimum absolute atomic E-state index is 0.111. The number of carbonyl (C=O) groups excluding carboxylic acids is 2. The van der Waals surface area contributed by atoms with Crippen molar-refractivity contribution in [3.63, 3.8) is 0 Å². The molecule has 0 unspecified atom stereocenters. The van der Waals surface area contributed by atoms with Gasteiger partial charge in [0, 0.05) is 24.9 Å². The van der Waals surface area contributed by atoms with Crippen LogP contribution < -0.4 is 4.74 Å². The number of hydrogen-bond donors (Lipinski definition) is 1. The molecule has 0 aliphatic carbocycles. The van der Waals surface area contributed by atoms with Crippen molar-refractivity contribution in [2.75, 3.05) is 26.7 Å². The zero-order chi connectivity index (χ0) is 25.3. The van der Waals surface area contributed by atoms with Gasteiger partial charge < -0.3 is 28.9 Å². The maximum absolute atomic E-state index is 13.4. The van der Waals surface area contributed by atoms with Gasteiger partial charge in [0.1, 0.15) is 11.4 Å². The Balaban J connectivity index is 1.51. The fourth-order valence-corrected chi connectivity index (χ4v) is 4.59. The van der Waals surface area contributed by atoms with Crippen molar-refractivity contribution in [2.24, 2.45) is 0 Å². The number of aromatic nitrogens is 2. The summed E-state index contributed by atoms with van der Waals surface area (Å²) >= 11 is 0. The number of amides is 2. The summed E-state index contributed by atoms with van der Waals surface area (Å²) in [4.78, 5) is 33.3. The number of methoxy groups -OCH3 is 1. The Morgan fingerprint density at radius 1 is 1.26 bits per heavy atom. The highest BCUT2D eigenvalue weighted by atomic mass is 16.6. The van der Waals surface area contributed by atoms with Crippen molar-refractivity contribution >= 4 is 18.1 Å². The van der Waals surface area contributed by atoms with Crippen molar-refractivity contribution in [2.45, 2.75) is 58.3 Å². The molecule has 3 heterocycles. The van der Waals surface area contributed by atoms with E-state index in [1.165, 1.54) is 4.90 Å². The molecule has 2 saturated heterocycles. The van der Waals surface area contributed by atoms with Crippen molar-refractivity contribution < 1.29 is 24.2 Å². The quantitative estimate of drug-likeness (QED) is 0.673. The number of nitrogens with zero attached hydrogens (tertiary/aromatic N) is 4. The van der Waals surface area contributed by atoms with E-state index in [0.717, 1.165) is 23.4 Å². The summed E-state index contributed by atoms with van der Waals surface area (Å²) in [7, 11) is 1.62. The second kappa shape index (κ2) is 9.73. The van der Waals surface area contributed by atoms with Gasteiger partial charge in [-0.05, 0) is 64.3 Å². The SMILES string of the molecule is COc1cc(/C=C2\CCCN([C@H]3CN(C(=O)OC(C)(C)C)C[C@@H]3O)C2=O)ccc1-n1cnc(C)c1. The molecule has 0 bridgehead atoms. The molecule has 1 aromatic heterocycles. The summed E-state index contributed by atoms with van der Waals surface area (Å²) in [5.41, 5.74) is 2.68. The lowest BCUT2D eigenvalue weighted by Crippen LogP contribution is -2.49. The minimum Gasteiger partial charge on any atom is -0.495 e. The monoisotopic (exact) mass is 482 g/mol. The first kappa shape index (κ1) is 24.8. The van der Waals surface area contributed by atoms with Gasteiger partial charge in [0.25, 0.3) is 0 Å². The standard InChI is InChI=1S/C26H34N4O5/c1-17-13-29(16-27-17)20-9-8-18(12-23(20)34-5)11-19-7-6-10-30(24(19)32)21-14-28(15-22(21)31)25(33)35-26(2,3)4/h8-9,11-13,16,21-22,31H,6-7,10,14-15H2,1-5H3/b19-11+/t21-,22-/m0/s1. The first-order chi connectivity index (χ1) is 16.6. The predicted molar refractivity (Wildman–Crippen MR) is 131 cm³/mol. The summed E-state index contributed by atoms with van der Waals surface area (Å²) in [5, 5.41) is 10.7. The fraction of sp³-hybridized carbons (Fsp3) is 0.500. The number of benzene rings is 1. The second-order valence-electron chi connectivity index (χ2n) is 10.1. The smallest absolute Gasteiger partial charge is 0.410 e. The number of aliphatic hydroxyl groups is 1.